The molecule has 0 fully saturated rings. The summed E-state index contributed by atoms with van der Waals surface area (Å²) in [6.07, 6.45) is 0. The average molecular weight is 374 g/mol. The lowest BCUT2D eigenvalue weighted by atomic mass is 10.4. The van der Waals surface area contributed by atoms with Crippen molar-refractivity contribution in [2.24, 2.45) is 0 Å². The molecule has 0 N–H and O–H groups in total. The zero-order valence-corrected chi connectivity index (χ0v) is 14.3. The predicted octanol–water partition coefficient (Wildman–Crippen LogP) is 3.42. The Morgan fingerprint density at radius 2 is 1.85 bits per heavy atom. The highest BCUT2D eigenvalue weighted by Gasteiger charge is 2.15. The highest BCUT2D eigenvalue weighted by molar-refractivity contribution is 9.11. The van der Waals surface area contributed by atoms with Crippen molar-refractivity contribution in [3.05, 3.63) is 51.1 Å². The van der Waals surface area contributed by atoms with Gasteiger partial charge in [0.05, 0.1) is 14.4 Å². The topological polar surface area (TPSA) is 37.4 Å². The first kappa shape index (κ1) is 15.7. The third-order valence-electron chi connectivity index (χ3n) is 2.90. The number of hydrogen-bond donors (Lipinski definition) is 0. The summed E-state index contributed by atoms with van der Waals surface area (Å²) in [5.41, 5.74) is 0. The molecular weight excluding hydrogens is 358 g/mol. The quantitative estimate of drug-likeness (QED) is 0.778. The zero-order chi connectivity index (χ0) is 14.6. The fourth-order valence-electron chi connectivity index (χ4n) is 1.80. The highest BCUT2D eigenvalue weighted by atomic mass is 79.9. The molecule has 1 aromatic carbocycles. The second-order valence-electron chi connectivity index (χ2n) is 4.58. The van der Waals surface area contributed by atoms with Crippen molar-refractivity contribution in [1.29, 1.82) is 0 Å². The maximum absolute atomic E-state index is 12.2. The van der Waals surface area contributed by atoms with E-state index in [1.807, 2.05) is 24.1 Å². The van der Waals surface area contributed by atoms with Gasteiger partial charge in [0.1, 0.15) is 0 Å². The molecule has 20 heavy (non-hydrogen) atoms. The van der Waals surface area contributed by atoms with E-state index in [1.54, 1.807) is 35.6 Å². The van der Waals surface area contributed by atoms with Gasteiger partial charge >= 0.3 is 0 Å². The van der Waals surface area contributed by atoms with Crippen molar-refractivity contribution < 1.29 is 8.42 Å². The maximum atomic E-state index is 12.2. The summed E-state index contributed by atoms with van der Waals surface area (Å²) in [5.74, 6) is 0.139. The van der Waals surface area contributed by atoms with Gasteiger partial charge in [0.2, 0.25) is 0 Å². The number of rotatable bonds is 6. The van der Waals surface area contributed by atoms with Crippen LogP contribution < -0.4 is 0 Å². The van der Waals surface area contributed by atoms with Crippen molar-refractivity contribution in [3.8, 4) is 0 Å². The number of hydrogen-bond acceptors (Lipinski definition) is 4. The molecule has 0 aliphatic rings. The van der Waals surface area contributed by atoms with Gasteiger partial charge in [-0.1, -0.05) is 18.2 Å². The Balaban J connectivity index is 1.91. The molecule has 2 rings (SSSR count). The molecule has 6 heteroatoms. The first-order valence-electron chi connectivity index (χ1n) is 6.18. The van der Waals surface area contributed by atoms with Gasteiger partial charge < -0.3 is 4.90 Å². The third-order valence-corrected chi connectivity index (χ3v) is 6.22. The smallest absolute Gasteiger partial charge is 0.179 e. The van der Waals surface area contributed by atoms with Crippen LogP contribution in [0.2, 0.25) is 0 Å². The summed E-state index contributed by atoms with van der Waals surface area (Å²) in [5, 5.41) is 0. The van der Waals surface area contributed by atoms with E-state index in [4.69, 9.17) is 0 Å². The monoisotopic (exact) mass is 373 g/mol. The van der Waals surface area contributed by atoms with Crippen LogP contribution in [-0.4, -0.2) is 32.7 Å². The minimum atomic E-state index is -3.19. The normalized spacial score (nSPS) is 11.9. The summed E-state index contributed by atoms with van der Waals surface area (Å²) in [7, 11) is -1.25. The van der Waals surface area contributed by atoms with Gasteiger partial charge in [-0.05, 0) is 47.2 Å². The Kier molecular flexibility index (Phi) is 5.37. The Labute approximate surface area is 132 Å². The number of halogens is 1. The molecule has 108 valence electrons. The van der Waals surface area contributed by atoms with E-state index >= 15 is 0 Å². The van der Waals surface area contributed by atoms with Crippen molar-refractivity contribution in [3.63, 3.8) is 0 Å². The molecule has 0 spiro atoms. The minimum absolute atomic E-state index is 0.139. The van der Waals surface area contributed by atoms with Gasteiger partial charge in [-0.2, -0.15) is 0 Å². The molecule has 0 bridgehead atoms. The third kappa shape index (κ3) is 4.41. The standard InChI is InChI=1S/C14H16BrNO2S2/c1-16(11-12-7-8-14(15)19-12)9-10-20(17,18)13-5-3-2-4-6-13/h2-8H,9-11H2,1H3. The molecule has 0 amide bonds. The van der Waals surface area contributed by atoms with Crippen LogP contribution in [0.4, 0.5) is 0 Å². The maximum Gasteiger partial charge on any atom is 0.179 e. The van der Waals surface area contributed by atoms with Gasteiger partial charge in [-0.15, -0.1) is 11.3 Å². The van der Waals surface area contributed by atoms with Crippen LogP contribution in [0, 0.1) is 0 Å². The molecule has 0 saturated heterocycles. The van der Waals surface area contributed by atoms with E-state index in [1.165, 1.54) is 4.88 Å². The molecule has 2 aromatic rings. The van der Waals surface area contributed by atoms with Gasteiger partial charge in [-0.25, -0.2) is 8.42 Å². The van der Waals surface area contributed by atoms with Gasteiger partial charge in [0, 0.05) is 18.0 Å². The average Bonchev–Trinajstić information content (AvgIpc) is 2.83. The van der Waals surface area contributed by atoms with Crippen LogP contribution in [0.15, 0.2) is 51.1 Å². The van der Waals surface area contributed by atoms with E-state index < -0.39 is 9.84 Å². The van der Waals surface area contributed by atoms with Crippen molar-refractivity contribution in [1.82, 2.24) is 4.90 Å². The molecule has 0 atom stereocenters. The summed E-state index contributed by atoms with van der Waals surface area (Å²) >= 11 is 5.10. The van der Waals surface area contributed by atoms with Crippen molar-refractivity contribution in [2.45, 2.75) is 11.4 Å². The van der Waals surface area contributed by atoms with E-state index in [9.17, 15) is 8.42 Å². The lowest BCUT2D eigenvalue weighted by Crippen LogP contribution is -2.25. The summed E-state index contributed by atoms with van der Waals surface area (Å²) in [6.45, 7) is 1.29. The lowest BCUT2D eigenvalue weighted by molar-refractivity contribution is 0.349. The SMILES string of the molecule is CN(CCS(=O)(=O)c1ccccc1)Cc1ccc(Br)s1. The number of sulfone groups is 1. The second-order valence-corrected chi connectivity index (χ2v) is 9.23. The molecule has 0 unspecified atom stereocenters. The van der Waals surface area contributed by atoms with Gasteiger partial charge in [0.15, 0.2) is 9.84 Å². The van der Waals surface area contributed by atoms with Crippen LogP contribution in [0.1, 0.15) is 4.88 Å². The number of thiophene rings is 1. The fourth-order valence-corrected chi connectivity index (χ4v) is 4.73. The summed E-state index contributed by atoms with van der Waals surface area (Å²) in [6, 6.07) is 12.7. The molecule has 1 heterocycles. The Morgan fingerprint density at radius 1 is 1.15 bits per heavy atom. The van der Waals surface area contributed by atoms with E-state index in [0.717, 1.165) is 10.3 Å². The molecule has 3 nitrogen and oxygen atoms in total. The molecule has 1 aromatic heterocycles. The van der Waals surface area contributed by atoms with E-state index in [2.05, 4.69) is 22.0 Å². The van der Waals surface area contributed by atoms with Crippen molar-refractivity contribution in [2.75, 3.05) is 19.3 Å². The summed E-state index contributed by atoms with van der Waals surface area (Å²) < 4.78 is 25.4. The van der Waals surface area contributed by atoms with Crippen LogP contribution in [0.3, 0.4) is 0 Å². The highest BCUT2D eigenvalue weighted by Crippen LogP contribution is 2.23. The first-order valence-corrected chi connectivity index (χ1v) is 9.44. The fraction of sp³-hybridized carbons (Fsp3) is 0.286. The minimum Gasteiger partial charge on any atom is -0.300 e. The van der Waals surface area contributed by atoms with E-state index in [-0.39, 0.29) is 5.75 Å². The molecular formula is C14H16BrNO2S2. The van der Waals surface area contributed by atoms with Gasteiger partial charge in [-0.3, -0.25) is 0 Å². The van der Waals surface area contributed by atoms with Crippen LogP contribution >= 0.6 is 27.3 Å². The van der Waals surface area contributed by atoms with Crippen molar-refractivity contribution >= 4 is 37.1 Å². The first-order chi connectivity index (χ1) is 9.47. The van der Waals surface area contributed by atoms with Crippen LogP contribution in [-0.2, 0) is 16.4 Å². The zero-order valence-electron chi connectivity index (χ0n) is 11.1. The Morgan fingerprint density at radius 3 is 2.45 bits per heavy atom. The second kappa shape index (κ2) is 6.85. The molecule has 0 saturated carbocycles. The number of nitrogens with zero attached hydrogens (tertiary/aromatic N) is 1. The molecule has 0 aliphatic carbocycles. The molecule has 0 aliphatic heterocycles. The largest absolute Gasteiger partial charge is 0.300 e. The Hall–Kier alpha value is -0.690. The Bertz CT molecular complexity index is 653. The number of benzene rings is 1. The van der Waals surface area contributed by atoms with E-state index in [0.29, 0.717) is 11.4 Å². The predicted molar refractivity (Wildman–Crippen MR) is 86.8 cm³/mol. The van der Waals surface area contributed by atoms with Crippen LogP contribution in [0.5, 0.6) is 0 Å². The summed E-state index contributed by atoms with van der Waals surface area (Å²) in [4.78, 5) is 3.64. The van der Waals surface area contributed by atoms with Crippen LogP contribution in [0.25, 0.3) is 0 Å². The lowest BCUT2D eigenvalue weighted by Gasteiger charge is -2.15. The van der Waals surface area contributed by atoms with Gasteiger partial charge in [0.25, 0.3) is 0 Å². The molecule has 0 radical (unpaired) electrons.